The van der Waals surface area contributed by atoms with Crippen molar-refractivity contribution in [1.29, 1.82) is 0 Å². The molecule has 2 heteroatoms. The highest BCUT2D eigenvalue weighted by Gasteiger charge is 2.27. The SMILES string of the molecule is CCCCC(CCCC)(CCCC)CCCCCCCCCCCCCF.P. The Bertz CT molecular complexity index is 258. The molecule has 172 valence electrons. The van der Waals surface area contributed by atoms with Crippen LogP contribution in [-0.2, 0) is 0 Å². The molecule has 0 nitrogen and oxygen atoms in total. The van der Waals surface area contributed by atoms with Crippen LogP contribution in [0.25, 0.3) is 0 Å². The van der Waals surface area contributed by atoms with E-state index in [1.165, 1.54) is 122 Å². The second-order valence-electron chi connectivity index (χ2n) is 9.14. The summed E-state index contributed by atoms with van der Waals surface area (Å²) in [6.07, 6.45) is 28.6. The van der Waals surface area contributed by atoms with E-state index >= 15 is 0 Å². The van der Waals surface area contributed by atoms with E-state index in [4.69, 9.17) is 0 Å². The minimum Gasteiger partial charge on any atom is -0.251 e. The summed E-state index contributed by atoms with van der Waals surface area (Å²) in [5, 5.41) is 0. The van der Waals surface area contributed by atoms with Gasteiger partial charge in [-0.15, -0.1) is 0 Å². The van der Waals surface area contributed by atoms with Gasteiger partial charge in [0.15, 0.2) is 0 Å². The smallest absolute Gasteiger partial charge is 0.0894 e. The van der Waals surface area contributed by atoms with Crippen molar-refractivity contribution in [3.8, 4) is 0 Å². The molecular formula is C26H56FP. The van der Waals surface area contributed by atoms with Gasteiger partial charge in [0.1, 0.15) is 0 Å². The number of rotatable bonds is 22. The van der Waals surface area contributed by atoms with Crippen LogP contribution < -0.4 is 0 Å². The molecule has 0 N–H and O–H groups in total. The summed E-state index contributed by atoms with van der Waals surface area (Å²) in [4.78, 5) is 0. The monoisotopic (exact) mass is 418 g/mol. The highest BCUT2D eigenvalue weighted by atomic mass is 31.0. The third-order valence-corrected chi connectivity index (χ3v) is 6.52. The van der Waals surface area contributed by atoms with Gasteiger partial charge in [-0.3, -0.25) is 4.39 Å². The Kier molecular flexibility index (Phi) is 25.8. The minimum atomic E-state index is -0.128. The van der Waals surface area contributed by atoms with E-state index < -0.39 is 0 Å². The third kappa shape index (κ3) is 18.4. The zero-order valence-electron chi connectivity index (χ0n) is 20.1. The van der Waals surface area contributed by atoms with Crippen molar-refractivity contribution in [2.45, 2.75) is 156 Å². The number of halogens is 1. The molecule has 0 amide bonds. The van der Waals surface area contributed by atoms with E-state index in [2.05, 4.69) is 20.8 Å². The maximum atomic E-state index is 12.0. The fourth-order valence-electron chi connectivity index (χ4n) is 4.59. The number of unbranched alkanes of at least 4 members (excludes halogenated alkanes) is 13. The van der Waals surface area contributed by atoms with Gasteiger partial charge in [-0.25, -0.2) is 0 Å². The van der Waals surface area contributed by atoms with Crippen LogP contribution in [0.5, 0.6) is 0 Å². The maximum absolute atomic E-state index is 12.0. The van der Waals surface area contributed by atoms with Crippen LogP contribution in [0.2, 0.25) is 0 Å². The van der Waals surface area contributed by atoms with Crippen LogP contribution in [-0.4, -0.2) is 6.67 Å². The highest BCUT2D eigenvalue weighted by molar-refractivity contribution is 6.92. The molecule has 0 aromatic rings. The molecule has 0 spiro atoms. The Morgan fingerprint density at radius 2 is 0.714 bits per heavy atom. The van der Waals surface area contributed by atoms with E-state index in [-0.39, 0.29) is 16.6 Å². The molecule has 0 radical (unpaired) electrons. The molecule has 0 rings (SSSR count). The number of alkyl halides is 1. The van der Waals surface area contributed by atoms with E-state index in [0.717, 1.165) is 12.8 Å². The van der Waals surface area contributed by atoms with Crippen molar-refractivity contribution in [1.82, 2.24) is 0 Å². The van der Waals surface area contributed by atoms with Gasteiger partial charge in [-0.2, -0.15) is 9.90 Å². The van der Waals surface area contributed by atoms with Crippen LogP contribution in [0.15, 0.2) is 0 Å². The van der Waals surface area contributed by atoms with Gasteiger partial charge in [0, 0.05) is 0 Å². The first kappa shape index (κ1) is 30.6. The fourth-order valence-corrected chi connectivity index (χ4v) is 4.59. The average molecular weight is 419 g/mol. The van der Waals surface area contributed by atoms with Crippen LogP contribution in [0.1, 0.15) is 156 Å². The molecule has 0 heterocycles. The molecule has 0 aromatic heterocycles. The lowest BCUT2D eigenvalue weighted by molar-refractivity contribution is 0.175. The maximum Gasteiger partial charge on any atom is 0.0894 e. The Morgan fingerprint density at radius 1 is 0.429 bits per heavy atom. The van der Waals surface area contributed by atoms with E-state index in [9.17, 15) is 4.39 Å². The first-order valence-corrected chi connectivity index (χ1v) is 12.8. The van der Waals surface area contributed by atoms with Crippen LogP contribution >= 0.6 is 9.90 Å². The molecule has 0 aliphatic heterocycles. The third-order valence-electron chi connectivity index (χ3n) is 6.52. The van der Waals surface area contributed by atoms with Crippen molar-refractivity contribution in [2.75, 3.05) is 6.67 Å². The van der Waals surface area contributed by atoms with Crippen molar-refractivity contribution >= 4 is 9.90 Å². The van der Waals surface area contributed by atoms with Gasteiger partial charge in [0.2, 0.25) is 0 Å². The summed E-state index contributed by atoms with van der Waals surface area (Å²) < 4.78 is 12.0. The Balaban J connectivity index is 0. The number of hydrogen-bond donors (Lipinski definition) is 0. The molecule has 1 atom stereocenters. The molecule has 0 saturated carbocycles. The molecule has 0 aliphatic carbocycles. The van der Waals surface area contributed by atoms with Crippen molar-refractivity contribution < 1.29 is 4.39 Å². The standard InChI is InChI=1S/C26H53F.H3P/c1-4-7-21-26(22-8-5-2,23-9-6-3)24-19-17-15-13-11-10-12-14-16-18-20-25-27;/h4-25H2,1-3H3;1H3. The topological polar surface area (TPSA) is 0 Å². The lowest BCUT2D eigenvalue weighted by Crippen LogP contribution is -2.21. The summed E-state index contributed by atoms with van der Waals surface area (Å²) in [6.45, 7) is 6.93. The highest BCUT2D eigenvalue weighted by Crippen LogP contribution is 2.41. The van der Waals surface area contributed by atoms with Gasteiger partial charge in [-0.05, 0) is 37.5 Å². The van der Waals surface area contributed by atoms with Gasteiger partial charge >= 0.3 is 0 Å². The second kappa shape index (κ2) is 23.6. The predicted molar refractivity (Wildman–Crippen MR) is 133 cm³/mol. The lowest BCUT2D eigenvalue weighted by Gasteiger charge is -2.35. The zero-order valence-corrected chi connectivity index (χ0v) is 21.6. The van der Waals surface area contributed by atoms with Crippen LogP contribution in [0, 0.1) is 5.41 Å². The fraction of sp³-hybridized carbons (Fsp3) is 1.00. The van der Waals surface area contributed by atoms with Crippen molar-refractivity contribution in [3.63, 3.8) is 0 Å². The first-order chi connectivity index (χ1) is 13.2. The first-order valence-electron chi connectivity index (χ1n) is 12.8. The Hall–Kier alpha value is 0.360. The number of hydrogen-bond acceptors (Lipinski definition) is 0. The van der Waals surface area contributed by atoms with Gasteiger partial charge < -0.3 is 0 Å². The summed E-state index contributed by atoms with van der Waals surface area (Å²) in [6, 6.07) is 0. The van der Waals surface area contributed by atoms with E-state index in [0.29, 0.717) is 5.41 Å². The molecule has 28 heavy (non-hydrogen) atoms. The largest absolute Gasteiger partial charge is 0.251 e. The summed E-state index contributed by atoms with van der Waals surface area (Å²) in [5.41, 5.74) is 0.668. The van der Waals surface area contributed by atoms with Gasteiger partial charge in [-0.1, -0.05) is 124 Å². The Labute approximate surface area is 182 Å². The van der Waals surface area contributed by atoms with Gasteiger partial charge in [0.25, 0.3) is 0 Å². The second-order valence-corrected chi connectivity index (χ2v) is 9.14. The molecule has 1 unspecified atom stereocenters. The summed E-state index contributed by atoms with van der Waals surface area (Å²) in [7, 11) is 0. The lowest BCUT2D eigenvalue weighted by atomic mass is 9.71. The minimum absolute atomic E-state index is 0. The quantitative estimate of drug-likeness (QED) is 0.121. The molecule has 0 bridgehead atoms. The van der Waals surface area contributed by atoms with Crippen LogP contribution in [0.4, 0.5) is 4.39 Å². The summed E-state index contributed by atoms with van der Waals surface area (Å²) >= 11 is 0. The normalized spacial score (nSPS) is 11.6. The average Bonchev–Trinajstić information content (AvgIpc) is 2.69. The molecular weight excluding hydrogens is 362 g/mol. The van der Waals surface area contributed by atoms with Crippen LogP contribution in [0.3, 0.4) is 0 Å². The Morgan fingerprint density at radius 3 is 1.04 bits per heavy atom. The molecule has 0 aliphatic rings. The molecule has 0 saturated heterocycles. The van der Waals surface area contributed by atoms with E-state index in [1.54, 1.807) is 0 Å². The predicted octanol–water partition coefficient (Wildman–Crippen LogP) is 10.3. The van der Waals surface area contributed by atoms with Crippen molar-refractivity contribution in [3.05, 3.63) is 0 Å². The summed E-state index contributed by atoms with van der Waals surface area (Å²) in [5.74, 6) is 0. The molecule has 0 fully saturated rings. The molecule has 0 aromatic carbocycles. The van der Waals surface area contributed by atoms with Crippen molar-refractivity contribution in [2.24, 2.45) is 5.41 Å². The van der Waals surface area contributed by atoms with E-state index in [1.807, 2.05) is 0 Å². The zero-order chi connectivity index (χ0) is 20.1. The van der Waals surface area contributed by atoms with Gasteiger partial charge in [0.05, 0.1) is 6.67 Å².